The van der Waals surface area contributed by atoms with Crippen LogP contribution in [0.3, 0.4) is 0 Å². The third-order valence-electron chi connectivity index (χ3n) is 4.81. The lowest BCUT2D eigenvalue weighted by Gasteiger charge is -2.32. The number of nitrogens with zero attached hydrogens (tertiary/aromatic N) is 1. The molecule has 0 unspecified atom stereocenters. The Labute approximate surface area is 179 Å². The summed E-state index contributed by atoms with van der Waals surface area (Å²) in [6.07, 6.45) is 0.834. The lowest BCUT2D eigenvalue weighted by atomic mass is 9.96. The molecule has 0 atom stereocenters. The maximum absolute atomic E-state index is 13.7. The first-order valence-electron chi connectivity index (χ1n) is 10.1. The van der Waals surface area contributed by atoms with Gasteiger partial charge in [-0.15, -0.1) is 0 Å². The van der Waals surface area contributed by atoms with Crippen molar-refractivity contribution in [3.05, 3.63) is 35.1 Å². The van der Waals surface area contributed by atoms with E-state index in [9.17, 15) is 27.6 Å². The molecule has 1 saturated heterocycles. The predicted octanol–water partition coefficient (Wildman–Crippen LogP) is 2.99. The Morgan fingerprint density at radius 2 is 1.71 bits per heavy atom. The highest BCUT2D eigenvalue weighted by Crippen LogP contribution is 2.18. The second kappa shape index (κ2) is 10.5. The summed E-state index contributed by atoms with van der Waals surface area (Å²) in [4.78, 5) is 37.6. The molecule has 1 heterocycles. The van der Waals surface area contributed by atoms with Gasteiger partial charge in [0, 0.05) is 32.6 Å². The van der Waals surface area contributed by atoms with Crippen molar-refractivity contribution in [1.29, 1.82) is 0 Å². The molecule has 172 valence electrons. The Hall–Kier alpha value is -2.78. The number of piperidine rings is 1. The van der Waals surface area contributed by atoms with Gasteiger partial charge in [0.2, 0.25) is 5.91 Å². The van der Waals surface area contributed by atoms with Gasteiger partial charge in [0.1, 0.15) is 5.60 Å². The van der Waals surface area contributed by atoms with Gasteiger partial charge >= 0.3 is 6.09 Å². The Bertz CT molecular complexity index is 819. The summed E-state index contributed by atoms with van der Waals surface area (Å²) in [6.45, 7) is 6.63. The average Bonchev–Trinajstić information content (AvgIpc) is 2.69. The number of carbonyl (C=O) groups excluding carboxylic acids is 3. The number of amides is 3. The van der Waals surface area contributed by atoms with Gasteiger partial charge in [-0.3, -0.25) is 9.59 Å². The number of hydrogen-bond donors (Lipinski definition) is 2. The molecule has 10 heteroatoms. The van der Waals surface area contributed by atoms with Gasteiger partial charge in [-0.25, -0.2) is 18.0 Å². The summed E-state index contributed by atoms with van der Waals surface area (Å²) in [5.41, 5.74) is -1.16. The average molecular weight is 443 g/mol. The Morgan fingerprint density at radius 1 is 1.06 bits per heavy atom. The van der Waals surface area contributed by atoms with Crippen LogP contribution in [-0.2, 0) is 9.53 Å². The summed E-state index contributed by atoms with van der Waals surface area (Å²) in [6, 6.07) is 1.60. The molecular formula is C21H28F3N3O4. The van der Waals surface area contributed by atoms with Crippen LogP contribution in [0.25, 0.3) is 0 Å². The number of alkyl carbamates (subject to hydrolysis) is 1. The lowest BCUT2D eigenvalue weighted by Crippen LogP contribution is -2.42. The highest BCUT2D eigenvalue weighted by atomic mass is 19.2. The van der Waals surface area contributed by atoms with E-state index in [0.717, 1.165) is 6.07 Å². The van der Waals surface area contributed by atoms with E-state index in [4.69, 9.17) is 4.74 Å². The van der Waals surface area contributed by atoms with Crippen LogP contribution < -0.4 is 10.6 Å². The lowest BCUT2D eigenvalue weighted by molar-refractivity contribution is -0.132. The van der Waals surface area contributed by atoms with Crippen molar-refractivity contribution >= 4 is 17.9 Å². The van der Waals surface area contributed by atoms with Gasteiger partial charge in [0.15, 0.2) is 17.5 Å². The molecule has 1 aliphatic heterocycles. The van der Waals surface area contributed by atoms with Gasteiger partial charge in [0.05, 0.1) is 5.56 Å². The van der Waals surface area contributed by atoms with Crippen LogP contribution in [0, 0.1) is 23.4 Å². The highest BCUT2D eigenvalue weighted by molar-refractivity contribution is 5.94. The molecule has 31 heavy (non-hydrogen) atoms. The van der Waals surface area contributed by atoms with Crippen LogP contribution in [0.15, 0.2) is 12.1 Å². The van der Waals surface area contributed by atoms with Crippen molar-refractivity contribution < 1.29 is 32.3 Å². The molecule has 0 bridgehead atoms. The van der Waals surface area contributed by atoms with Crippen LogP contribution in [0.4, 0.5) is 18.0 Å². The van der Waals surface area contributed by atoms with Crippen molar-refractivity contribution in [2.24, 2.45) is 5.92 Å². The Balaban J connectivity index is 1.70. The van der Waals surface area contributed by atoms with Gasteiger partial charge in [-0.2, -0.15) is 0 Å². The van der Waals surface area contributed by atoms with Crippen molar-refractivity contribution in [2.75, 3.05) is 26.2 Å². The SMILES string of the molecule is CC(C)(C)OC(=O)NCCC(=O)N1CCC(CNC(=O)c2ccc(F)c(F)c2F)CC1. The second-order valence-electron chi connectivity index (χ2n) is 8.44. The first-order chi connectivity index (χ1) is 14.5. The van der Waals surface area contributed by atoms with Gasteiger partial charge < -0.3 is 20.3 Å². The zero-order chi connectivity index (χ0) is 23.2. The van der Waals surface area contributed by atoms with Gasteiger partial charge in [0.25, 0.3) is 5.91 Å². The third-order valence-corrected chi connectivity index (χ3v) is 4.81. The standard InChI is InChI=1S/C21H28F3N3O4/c1-21(2,3)31-20(30)25-9-6-16(28)27-10-7-13(8-11-27)12-26-19(29)14-4-5-15(22)18(24)17(14)23/h4-5,13H,6-12H2,1-3H3,(H,25,30)(H,26,29). The van der Waals surface area contributed by atoms with E-state index in [2.05, 4.69) is 10.6 Å². The maximum Gasteiger partial charge on any atom is 0.407 e. The molecule has 3 amide bonds. The molecule has 1 aromatic carbocycles. The summed E-state index contributed by atoms with van der Waals surface area (Å²) in [5, 5.41) is 5.07. The topological polar surface area (TPSA) is 87.7 Å². The fraction of sp³-hybridized carbons (Fsp3) is 0.571. The smallest absolute Gasteiger partial charge is 0.407 e. The van der Waals surface area contributed by atoms with E-state index >= 15 is 0 Å². The minimum Gasteiger partial charge on any atom is -0.444 e. The number of rotatable bonds is 6. The normalized spacial score (nSPS) is 14.8. The first kappa shape index (κ1) is 24.5. The van der Waals surface area contributed by atoms with E-state index in [-0.39, 0.29) is 31.3 Å². The van der Waals surface area contributed by atoms with Gasteiger partial charge in [-0.1, -0.05) is 0 Å². The Morgan fingerprint density at radius 3 is 2.32 bits per heavy atom. The molecule has 7 nitrogen and oxygen atoms in total. The van der Waals surface area contributed by atoms with E-state index in [1.54, 1.807) is 25.7 Å². The van der Waals surface area contributed by atoms with Crippen LogP contribution in [0.5, 0.6) is 0 Å². The van der Waals surface area contributed by atoms with E-state index in [0.29, 0.717) is 32.0 Å². The molecule has 0 radical (unpaired) electrons. The molecule has 1 aliphatic rings. The van der Waals surface area contributed by atoms with Crippen molar-refractivity contribution in [2.45, 2.75) is 45.6 Å². The van der Waals surface area contributed by atoms with E-state index in [1.165, 1.54) is 0 Å². The quantitative estimate of drug-likeness (QED) is 0.662. The fourth-order valence-electron chi connectivity index (χ4n) is 3.16. The summed E-state index contributed by atoms with van der Waals surface area (Å²) < 4.78 is 45.1. The fourth-order valence-corrected chi connectivity index (χ4v) is 3.16. The number of benzene rings is 1. The largest absolute Gasteiger partial charge is 0.444 e. The molecular weight excluding hydrogens is 415 g/mol. The van der Waals surface area contributed by atoms with Crippen LogP contribution >= 0.6 is 0 Å². The van der Waals surface area contributed by atoms with Crippen molar-refractivity contribution in [1.82, 2.24) is 15.5 Å². The van der Waals surface area contributed by atoms with Gasteiger partial charge in [-0.05, 0) is 51.7 Å². The second-order valence-corrected chi connectivity index (χ2v) is 8.44. The minimum atomic E-state index is -1.68. The number of likely N-dealkylation sites (tertiary alicyclic amines) is 1. The minimum absolute atomic E-state index is 0.0706. The number of ether oxygens (including phenoxy) is 1. The maximum atomic E-state index is 13.7. The molecule has 2 rings (SSSR count). The van der Waals surface area contributed by atoms with Crippen molar-refractivity contribution in [3.8, 4) is 0 Å². The van der Waals surface area contributed by atoms with E-state index in [1.807, 2.05) is 0 Å². The summed E-state index contributed by atoms with van der Waals surface area (Å²) >= 11 is 0. The Kier molecular flexibility index (Phi) is 8.29. The molecule has 0 saturated carbocycles. The predicted molar refractivity (Wildman–Crippen MR) is 107 cm³/mol. The zero-order valence-corrected chi connectivity index (χ0v) is 17.9. The summed E-state index contributed by atoms with van der Waals surface area (Å²) in [5.74, 6) is -5.39. The highest BCUT2D eigenvalue weighted by Gasteiger charge is 2.24. The molecule has 1 fully saturated rings. The number of nitrogens with one attached hydrogen (secondary N) is 2. The first-order valence-corrected chi connectivity index (χ1v) is 10.1. The van der Waals surface area contributed by atoms with Crippen molar-refractivity contribution in [3.63, 3.8) is 0 Å². The summed E-state index contributed by atoms with van der Waals surface area (Å²) in [7, 11) is 0. The number of hydrogen-bond acceptors (Lipinski definition) is 4. The third kappa shape index (κ3) is 7.45. The number of carbonyl (C=O) groups is 3. The van der Waals surface area contributed by atoms with Crippen LogP contribution in [0.2, 0.25) is 0 Å². The van der Waals surface area contributed by atoms with Crippen LogP contribution in [0.1, 0.15) is 50.4 Å². The monoisotopic (exact) mass is 443 g/mol. The molecule has 1 aromatic rings. The van der Waals surface area contributed by atoms with E-state index < -0.39 is 40.6 Å². The van der Waals surface area contributed by atoms with Crippen LogP contribution in [-0.4, -0.2) is 54.6 Å². The molecule has 0 spiro atoms. The molecule has 0 aliphatic carbocycles. The zero-order valence-electron chi connectivity index (χ0n) is 17.9. The molecule has 2 N–H and O–H groups in total. The number of halogens is 3. The molecule has 0 aromatic heterocycles.